The standard InChI is InChI=1S/C64H105O11P/c1-4-7-10-13-16-19-22-25-27-29-30-32-34-37-40-43-46-49-52-55-64(68)75-61(57-71-62(66)53-50-47-44-41-38-36-33-31-28-26-23-20-17-14-11-8-5-2)59-73-76(69,70)72-58-60(56-65)74-63(67)54-51-48-45-42-39-35-24-21-18-15-12-9-6-3/h8-9,11-12,16-21,25-28,33,35-36,39,45,48,60-61,65H,4-7,10,13-15,22-24,29-32,34,37-38,40-44,46-47,49-59H2,1-3H3,(H,69,70)/b11-8-,12-9-,19-16-,20-17-,21-18-,27-25-,28-26-,36-33-,39-35-,48-45-. The number of carbonyl (C=O) groups excluding carboxylic acids is 3. The fraction of sp³-hybridized carbons (Fsp3) is 0.641. The molecular formula is C64H105O11P. The molecule has 0 saturated carbocycles. The number of aliphatic hydroxyl groups is 1. The second-order valence-electron chi connectivity index (χ2n) is 19.0. The molecule has 0 aliphatic rings. The van der Waals surface area contributed by atoms with Crippen molar-refractivity contribution < 1.29 is 52.2 Å². The van der Waals surface area contributed by atoms with Crippen LogP contribution in [0, 0.1) is 0 Å². The van der Waals surface area contributed by atoms with Crippen LogP contribution < -0.4 is 0 Å². The molecule has 0 spiro atoms. The highest BCUT2D eigenvalue weighted by Crippen LogP contribution is 2.43. The number of allylic oxidation sites excluding steroid dienone is 20. The van der Waals surface area contributed by atoms with Gasteiger partial charge in [-0.15, -0.1) is 0 Å². The Labute approximate surface area is 462 Å². The van der Waals surface area contributed by atoms with E-state index in [1.807, 2.05) is 18.2 Å². The molecule has 0 rings (SSSR count). The van der Waals surface area contributed by atoms with Crippen molar-refractivity contribution in [3.63, 3.8) is 0 Å². The maximum absolute atomic E-state index is 12.9. The highest BCUT2D eigenvalue weighted by atomic mass is 31.2. The second-order valence-corrected chi connectivity index (χ2v) is 20.5. The third-order valence-electron chi connectivity index (χ3n) is 11.9. The molecule has 0 radical (unpaired) electrons. The van der Waals surface area contributed by atoms with Crippen LogP contribution in [-0.4, -0.2) is 66.5 Å². The first-order chi connectivity index (χ1) is 37.2. The van der Waals surface area contributed by atoms with Crippen LogP contribution in [0.3, 0.4) is 0 Å². The molecule has 0 aromatic carbocycles. The summed E-state index contributed by atoms with van der Waals surface area (Å²) in [6.07, 6.45) is 70.3. The Bertz CT molecular complexity index is 1740. The number of hydrogen-bond donors (Lipinski definition) is 2. The van der Waals surface area contributed by atoms with E-state index in [0.29, 0.717) is 19.3 Å². The summed E-state index contributed by atoms with van der Waals surface area (Å²) in [5.74, 6) is -1.59. The molecule has 12 heteroatoms. The molecule has 0 bridgehead atoms. The summed E-state index contributed by atoms with van der Waals surface area (Å²) >= 11 is 0. The van der Waals surface area contributed by atoms with E-state index < -0.39 is 57.8 Å². The van der Waals surface area contributed by atoms with Gasteiger partial charge in [-0.25, -0.2) is 4.57 Å². The Morgan fingerprint density at radius 2 is 0.711 bits per heavy atom. The quantitative estimate of drug-likeness (QED) is 0.0197. The first-order valence-electron chi connectivity index (χ1n) is 29.4. The van der Waals surface area contributed by atoms with Gasteiger partial charge < -0.3 is 24.2 Å². The van der Waals surface area contributed by atoms with Gasteiger partial charge in [-0.1, -0.05) is 213 Å². The molecule has 0 aromatic heterocycles. The van der Waals surface area contributed by atoms with Crippen LogP contribution in [0.25, 0.3) is 0 Å². The number of esters is 3. The van der Waals surface area contributed by atoms with Gasteiger partial charge in [0.15, 0.2) is 6.10 Å². The predicted molar refractivity (Wildman–Crippen MR) is 316 cm³/mol. The maximum Gasteiger partial charge on any atom is 0.472 e. The minimum absolute atomic E-state index is 0.0486. The number of ether oxygens (including phenoxy) is 3. The average molecular weight is 1080 g/mol. The number of phosphoric acid groups is 1. The topological polar surface area (TPSA) is 155 Å². The Morgan fingerprint density at radius 3 is 1.13 bits per heavy atom. The molecule has 0 aliphatic heterocycles. The number of hydrogen-bond acceptors (Lipinski definition) is 10. The summed E-state index contributed by atoms with van der Waals surface area (Å²) in [5.41, 5.74) is 0. The van der Waals surface area contributed by atoms with E-state index in [1.165, 1.54) is 51.4 Å². The predicted octanol–water partition coefficient (Wildman–Crippen LogP) is 17.6. The molecule has 2 N–H and O–H groups in total. The van der Waals surface area contributed by atoms with Gasteiger partial charge in [0.1, 0.15) is 12.7 Å². The van der Waals surface area contributed by atoms with Crippen molar-refractivity contribution in [2.45, 2.75) is 238 Å². The van der Waals surface area contributed by atoms with Gasteiger partial charge in [0.2, 0.25) is 0 Å². The first kappa shape index (κ1) is 71.9. The highest BCUT2D eigenvalue weighted by molar-refractivity contribution is 7.47. The van der Waals surface area contributed by atoms with E-state index in [2.05, 4.69) is 124 Å². The molecule has 0 aromatic rings. The monoisotopic (exact) mass is 1080 g/mol. The summed E-state index contributed by atoms with van der Waals surface area (Å²) in [4.78, 5) is 48.5. The van der Waals surface area contributed by atoms with Crippen LogP contribution in [0.4, 0.5) is 0 Å². The lowest BCUT2D eigenvalue weighted by Gasteiger charge is -2.21. The molecule has 0 fully saturated rings. The maximum atomic E-state index is 12.9. The van der Waals surface area contributed by atoms with Crippen molar-refractivity contribution in [2.75, 3.05) is 26.4 Å². The summed E-state index contributed by atoms with van der Waals surface area (Å²) < 4.78 is 39.4. The van der Waals surface area contributed by atoms with Crippen LogP contribution >= 0.6 is 7.82 Å². The lowest BCUT2D eigenvalue weighted by molar-refractivity contribution is -0.161. The summed E-state index contributed by atoms with van der Waals surface area (Å²) in [5, 5.41) is 9.80. The van der Waals surface area contributed by atoms with Crippen LogP contribution in [-0.2, 0) is 42.2 Å². The number of rotatable bonds is 53. The van der Waals surface area contributed by atoms with Crippen LogP contribution in [0.15, 0.2) is 122 Å². The number of unbranched alkanes of at least 4 members (excludes halogenated alkanes) is 16. The molecule has 11 nitrogen and oxygen atoms in total. The smallest absolute Gasteiger partial charge is 0.462 e. The van der Waals surface area contributed by atoms with Gasteiger partial charge in [0, 0.05) is 19.3 Å². The summed E-state index contributed by atoms with van der Waals surface area (Å²) in [6.45, 7) is 4.27. The molecular weight excluding hydrogens is 976 g/mol. The van der Waals surface area contributed by atoms with Crippen molar-refractivity contribution in [3.8, 4) is 0 Å². The summed E-state index contributed by atoms with van der Waals surface area (Å²) in [6, 6.07) is 0. The highest BCUT2D eigenvalue weighted by Gasteiger charge is 2.28. The van der Waals surface area contributed by atoms with Gasteiger partial charge >= 0.3 is 25.7 Å². The zero-order chi connectivity index (χ0) is 55.5. The molecule has 3 unspecified atom stereocenters. The van der Waals surface area contributed by atoms with Gasteiger partial charge in [-0.05, 0) is 116 Å². The van der Waals surface area contributed by atoms with Crippen molar-refractivity contribution in [1.29, 1.82) is 0 Å². The summed E-state index contributed by atoms with van der Waals surface area (Å²) in [7, 11) is -4.78. The Morgan fingerprint density at radius 1 is 0.382 bits per heavy atom. The van der Waals surface area contributed by atoms with Crippen molar-refractivity contribution >= 4 is 25.7 Å². The van der Waals surface area contributed by atoms with Gasteiger partial charge in [-0.2, -0.15) is 0 Å². The van der Waals surface area contributed by atoms with E-state index in [1.54, 1.807) is 0 Å². The van der Waals surface area contributed by atoms with E-state index in [0.717, 1.165) is 116 Å². The largest absolute Gasteiger partial charge is 0.472 e. The van der Waals surface area contributed by atoms with E-state index in [4.69, 9.17) is 23.3 Å². The molecule has 0 saturated heterocycles. The number of aliphatic hydroxyl groups excluding tert-OH is 1. The zero-order valence-electron chi connectivity index (χ0n) is 47.7. The minimum atomic E-state index is -4.78. The van der Waals surface area contributed by atoms with Crippen LogP contribution in [0.2, 0.25) is 0 Å². The number of phosphoric ester groups is 1. The minimum Gasteiger partial charge on any atom is -0.462 e. The van der Waals surface area contributed by atoms with E-state index in [-0.39, 0.29) is 25.9 Å². The van der Waals surface area contributed by atoms with Crippen molar-refractivity contribution in [1.82, 2.24) is 0 Å². The van der Waals surface area contributed by atoms with Gasteiger partial charge in [-0.3, -0.25) is 23.4 Å². The van der Waals surface area contributed by atoms with Gasteiger partial charge in [0.05, 0.1) is 19.8 Å². The molecule has 0 heterocycles. The van der Waals surface area contributed by atoms with E-state index in [9.17, 15) is 28.9 Å². The van der Waals surface area contributed by atoms with Crippen LogP contribution in [0.5, 0.6) is 0 Å². The third-order valence-corrected chi connectivity index (χ3v) is 12.8. The fourth-order valence-corrected chi connectivity index (χ4v) is 8.23. The molecule has 3 atom stereocenters. The van der Waals surface area contributed by atoms with Crippen molar-refractivity contribution in [2.24, 2.45) is 0 Å². The third kappa shape index (κ3) is 54.7. The lowest BCUT2D eigenvalue weighted by atomic mass is 10.1. The molecule has 76 heavy (non-hydrogen) atoms. The SMILES string of the molecule is CC/C=C\C/C=C\C/C=C\C/C=C\CCCCCCC(=O)OCC(COP(=O)(O)OCC(CO)OC(=O)CC/C=C\C/C=C\C/C=C\C/C=C\CC)OC(=O)CCCCCCCCCCC/C=C\C/C=C\CCCCC. The van der Waals surface area contributed by atoms with Crippen LogP contribution in [0.1, 0.15) is 226 Å². The van der Waals surface area contributed by atoms with Gasteiger partial charge in [0.25, 0.3) is 0 Å². The van der Waals surface area contributed by atoms with E-state index >= 15 is 0 Å². The first-order valence-corrected chi connectivity index (χ1v) is 30.9. The Hall–Kier alpha value is -4.12. The Balaban J connectivity index is 4.84. The van der Waals surface area contributed by atoms with Crippen molar-refractivity contribution in [3.05, 3.63) is 122 Å². The Kier molecular flexibility index (Phi) is 54.0. The zero-order valence-corrected chi connectivity index (χ0v) is 48.6. The fourth-order valence-electron chi connectivity index (χ4n) is 7.45. The number of carbonyl (C=O) groups is 3. The average Bonchev–Trinajstić information content (AvgIpc) is 3.41. The molecule has 0 aliphatic carbocycles. The molecule has 432 valence electrons. The molecule has 0 amide bonds. The second kappa shape index (κ2) is 57.1. The normalized spacial score (nSPS) is 14.2. The lowest BCUT2D eigenvalue weighted by Crippen LogP contribution is -2.30.